The van der Waals surface area contributed by atoms with Crippen molar-refractivity contribution in [1.82, 2.24) is 14.8 Å². The van der Waals surface area contributed by atoms with Gasteiger partial charge in [0.2, 0.25) is 0 Å². The summed E-state index contributed by atoms with van der Waals surface area (Å²) < 4.78 is 6.53. The number of nitrogens with zero attached hydrogens (tertiary/aromatic N) is 3. The van der Waals surface area contributed by atoms with Gasteiger partial charge in [-0.25, -0.2) is 14.5 Å². The number of hydrogen-bond donors (Lipinski definition) is 0. The van der Waals surface area contributed by atoms with Gasteiger partial charge in [-0.05, 0) is 25.1 Å². The summed E-state index contributed by atoms with van der Waals surface area (Å²) in [7, 11) is 0. The van der Waals surface area contributed by atoms with Crippen molar-refractivity contribution in [2.24, 2.45) is 0 Å². The van der Waals surface area contributed by atoms with E-state index >= 15 is 0 Å². The van der Waals surface area contributed by atoms with Gasteiger partial charge in [0.25, 0.3) is 0 Å². The van der Waals surface area contributed by atoms with Gasteiger partial charge in [-0.15, -0.1) is 0 Å². The van der Waals surface area contributed by atoms with Crippen LogP contribution in [0.2, 0.25) is 0 Å². The molecule has 0 N–H and O–H groups in total. The number of halogens is 1. The first-order chi connectivity index (χ1) is 8.74. The van der Waals surface area contributed by atoms with Gasteiger partial charge in [0.15, 0.2) is 11.5 Å². The Labute approximate surface area is 113 Å². The van der Waals surface area contributed by atoms with E-state index in [2.05, 4.69) is 26.0 Å². The molecule has 0 saturated heterocycles. The van der Waals surface area contributed by atoms with E-state index in [0.717, 1.165) is 5.69 Å². The van der Waals surface area contributed by atoms with Crippen molar-refractivity contribution in [1.29, 1.82) is 0 Å². The second kappa shape index (κ2) is 5.77. The van der Waals surface area contributed by atoms with Crippen molar-refractivity contribution in [3.63, 3.8) is 0 Å². The van der Waals surface area contributed by atoms with Crippen LogP contribution in [0.25, 0.3) is 5.82 Å². The Morgan fingerprint density at radius 2 is 2.28 bits per heavy atom. The third-order valence-corrected chi connectivity index (χ3v) is 2.81. The van der Waals surface area contributed by atoms with Crippen molar-refractivity contribution in [3.05, 3.63) is 41.9 Å². The number of carbonyl (C=O) groups excluding carboxylic acids is 1. The van der Waals surface area contributed by atoms with Crippen LogP contribution in [-0.2, 0) is 10.1 Å². The summed E-state index contributed by atoms with van der Waals surface area (Å²) in [5.41, 5.74) is 1.18. The highest BCUT2D eigenvalue weighted by molar-refractivity contribution is 9.08. The molecule has 0 atom stereocenters. The van der Waals surface area contributed by atoms with Gasteiger partial charge < -0.3 is 4.74 Å². The zero-order valence-corrected chi connectivity index (χ0v) is 11.4. The molecule has 5 nitrogen and oxygen atoms in total. The van der Waals surface area contributed by atoms with Gasteiger partial charge in [-0.1, -0.05) is 22.0 Å². The van der Waals surface area contributed by atoms with Crippen LogP contribution < -0.4 is 0 Å². The van der Waals surface area contributed by atoms with E-state index in [1.165, 1.54) is 0 Å². The van der Waals surface area contributed by atoms with Crippen molar-refractivity contribution < 1.29 is 9.53 Å². The molecular formula is C12H12BrN3O2. The summed E-state index contributed by atoms with van der Waals surface area (Å²) in [6.45, 7) is 2.10. The Bertz CT molecular complexity index is 554. The van der Waals surface area contributed by atoms with Gasteiger partial charge in [0.05, 0.1) is 12.3 Å². The lowest BCUT2D eigenvalue weighted by Gasteiger charge is -2.04. The van der Waals surface area contributed by atoms with Gasteiger partial charge in [0, 0.05) is 11.5 Å². The second-order valence-corrected chi connectivity index (χ2v) is 4.05. The number of ether oxygens (including phenoxy) is 1. The molecule has 0 aliphatic rings. The molecule has 0 aromatic carbocycles. The minimum atomic E-state index is -0.424. The van der Waals surface area contributed by atoms with Crippen molar-refractivity contribution in [2.75, 3.05) is 6.61 Å². The van der Waals surface area contributed by atoms with E-state index in [1.807, 2.05) is 6.07 Å². The quantitative estimate of drug-likeness (QED) is 0.642. The van der Waals surface area contributed by atoms with E-state index in [4.69, 9.17) is 4.74 Å². The lowest BCUT2D eigenvalue weighted by molar-refractivity contribution is 0.0519. The minimum absolute atomic E-state index is 0.283. The van der Waals surface area contributed by atoms with Crippen LogP contribution in [0.15, 0.2) is 30.5 Å². The number of alkyl halides is 1. The van der Waals surface area contributed by atoms with E-state index in [-0.39, 0.29) is 5.69 Å². The number of pyridine rings is 1. The summed E-state index contributed by atoms with van der Waals surface area (Å²) in [4.78, 5) is 15.8. The molecule has 0 aliphatic carbocycles. The van der Waals surface area contributed by atoms with Gasteiger partial charge >= 0.3 is 5.97 Å². The summed E-state index contributed by atoms with van der Waals surface area (Å²) in [5.74, 6) is 0.167. The fraction of sp³-hybridized carbons (Fsp3) is 0.250. The topological polar surface area (TPSA) is 57.0 Å². The van der Waals surface area contributed by atoms with E-state index in [1.54, 1.807) is 36.0 Å². The fourth-order valence-corrected chi connectivity index (χ4v) is 1.73. The van der Waals surface area contributed by atoms with Crippen LogP contribution in [0.3, 0.4) is 0 Å². The third kappa shape index (κ3) is 2.76. The Morgan fingerprint density at radius 1 is 1.44 bits per heavy atom. The molecule has 2 heterocycles. The summed E-state index contributed by atoms with van der Waals surface area (Å²) in [6.07, 6.45) is 1.80. The Kier molecular flexibility index (Phi) is 4.09. The normalized spacial score (nSPS) is 10.3. The van der Waals surface area contributed by atoms with Crippen LogP contribution in [0.4, 0.5) is 0 Å². The molecule has 0 bridgehead atoms. The molecule has 6 heteroatoms. The van der Waals surface area contributed by atoms with Crippen LogP contribution in [-0.4, -0.2) is 27.3 Å². The number of hydrogen-bond acceptors (Lipinski definition) is 4. The van der Waals surface area contributed by atoms with Crippen LogP contribution in [0.1, 0.15) is 23.1 Å². The summed E-state index contributed by atoms with van der Waals surface area (Å²) >= 11 is 3.33. The molecular weight excluding hydrogens is 298 g/mol. The first kappa shape index (κ1) is 12.8. The standard InChI is InChI=1S/C12H12BrN3O2/c1-2-18-12(17)10-4-3-5-11(14-10)16-7-6-9(8-13)15-16/h3-7H,2,8H2,1H3. The number of esters is 1. The van der Waals surface area contributed by atoms with Crippen molar-refractivity contribution in [2.45, 2.75) is 12.3 Å². The highest BCUT2D eigenvalue weighted by Crippen LogP contribution is 2.08. The lowest BCUT2D eigenvalue weighted by Crippen LogP contribution is -2.09. The van der Waals surface area contributed by atoms with Crippen LogP contribution >= 0.6 is 15.9 Å². The monoisotopic (exact) mass is 309 g/mol. The number of aromatic nitrogens is 3. The maximum absolute atomic E-state index is 11.6. The largest absolute Gasteiger partial charge is 0.461 e. The predicted molar refractivity (Wildman–Crippen MR) is 69.9 cm³/mol. The maximum Gasteiger partial charge on any atom is 0.356 e. The summed E-state index contributed by atoms with van der Waals surface area (Å²) in [5, 5.41) is 4.98. The molecule has 2 aromatic rings. The van der Waals surface area contributed by atoms with E-state index in [9.17, 15) is 4.79 Å². The van der Waals surface area contributed by atoms with Crippen LogP contribution in [0, 0.1) is 0 Å². The van der Waals surface area contributed by atoms with Gasteiger partial charge in [0.1, 0.15) is 0 Å². The molecule has 2 aromatic heterocycles. The third-order valence-electron chi connectivity index (χ3n) is 2.23. The van der Waals surface area contributed by atoms with Crippen LogP contribution in [0.5, 0.6) is 0 Å². The average molecular weight is 310 g/mol. The molecule has 0 unspecified atom stereocenters. The molecule has 0 saturated carbocycles. The smallest absolute Gasteiger partial charge is 0.356 e. The van der Waals surface area contributed by atoms with Crippen molar-refractivity contribution in [3.8, 4) is 5.82 Å². The Hall–Kier alpha value is -1.69. The number of carbonyl (C=O) groups is 1. The number of rotatable bonds is 4. The molecule has 94 valence electrons. The van der Waals surface area contributed by atoms with Gasteiger partial charge in [-0.2, -0.15) is 5.10 Å². The lowest BCUT2D eigenvalue weighted by atomic mass is 10.3. The van der Waals surface area contributed by atoms with Crippen molar-refractivity contribution >= 4 is 21.9 Å². The van der Waals surface area contributed by atoms with Gasteiger partial charge in [-0.3, -0.25) is 0 Å². The molecule has 2 rings (SSSR count). The molecule has 18 heavy (non-hydrogen) atoms. The summed E-state index contributed by atoms with van der Waals surface area (Å²) in [6, 6.07) is 7.04. The molecule has 0 radical (unpaired) electrons. The highest BCUT2D eigenvalue weighted by atomic mass is 79.9. The highest BCUT2D eigenvalue weighted by Gasteiger charge is 2.09. The molecule has 0 fully saturated rings. The minimum Gasteiger partial charge on any atom is -0.461 e. The van der Waals surface area contributed by atoms with E-state index < -0.39 is 5.97 Å². The zero-order valence-electron chi connectivity index (χ0n) is 9.84. The zero-order chi connectivity index (χ0) is 13.0. The predicted octanol–water partition coefficient (Wildman–Crippen LogP) is 2.34. The second-order valence-electron chi connectivity index (χ2n) is 3.49. The Morgan fingerprint density at radius 3 is 2.94 bits per heavy atom. The first-order valence-electron chi connectivity index (χ1n) is 5.49. The fourth-order valence-electron chi connectivity index (χ4n) is 1.43. The average Bonchev–Trinajstić information content (AvgIpc) is 2.88. The maximum atomic E-state index is 11.6. The molecule has 0 amide bonds. The van der Waals surface area contributed by atoms with E-state index in [0.29, 0.717) is 17.8 Å². The molecule has 0 spiro atoms. The SMILES string of the molecule is CCOC(=O)c1cccc(-n2ccc(CBr)n2)n1. The Balaban J connectivity index is 2.29. The first-order valence-corrected chi connectivity index (χ1v) is 6.61. The molecule has 0 aliphatic heterocycles.